The third kappa shape index (κ3) is 2.55. The van der Waals surface area contributed by atoms with Gasteiger partial charge in [0.15, 0.2) is 0 Å². The van der Waals surface area contributed by atoms with Crippen LogP contribution in [-0.4, -0.2) is 23.8 Å². The number of carbonyl (C=O) groups is 2. The molecule has 0 bridgehead atoms. The largest absolute Gasteiger partial charge is 0.322 e. The molecule has 1 aliphatic rings. The molecule has 5 nitrogen and oxygen atoms in total. The Morgan fingerprint density at radius 3 is 2.96 bits per heavy atom. The molecular weight excluding hydrogens is 322 g/mol. The smallest absolute Gasteiger partial charge is 0.255 e. The normalized spacial score (nSPS) is 13.9. The molecule has 2 aromatic carbocycles. The zero-order valence-corrected chi connectivity index (χ0v) is 13.9. The Labute approximate surface area is 142 Å². The van der Waals surface area contributed by atoms with Crippen molar-refractivity contribution >= 4 is 44.7 Å². The second-order valence-corrected chi connectivity index (χ2v) is 6.67. The quantitative estimate of drug-likeness (QED) is 0.779. The van der Waals surface area contributed by atoms with E-state index in [1.165, 1.54) is 11.3 Å². The highest BCUT2D eigenvalue weighted by molar-refractivity contribution is 7.16. The van der Waals surface area contributed by atoms with Crippen molar-refractivity contribution < 1.29 is 9.59 Å². The van der Waals surface area contributed by atoms with Crippen molar-refractivity contribution in [1.82, 2.24) is 4.98 Å². The number of thiazole rings is 1. The predicted octanol–water partition coefficient (Wildman–Crippen LogP) is 3.46. The molecule has 2 heterocycles. The SMILES string of the molecule is CN1C(=O)CCc2cc(NC(=O)c3ccc4ncsc4c3)ccc21. The number of nitrogens with zero attached hydrogens (tertiary/aromatic N) is 2. The summed E-state index contributed by atoms with van der Waals surface area (Å²) in [7, 11) is 1.78. The molecule has 1 aliphatic heterocycles. The number of aryl methyl sites for hydroxylation is 1. The second-order valence-electron chi connectivity index (χ2n) is 5.79. The van der Waals surface area contributed by atoms with Crippen LogP contribution < -0.4 is 10.2 Å². The van der Waals surface area contributed by atoms with E-state index in [2.05, 4.69) is 10.3 Å². The lowest BCUT2D eigenvalue weighted by Gasteiger charge is -2.26. The summed E-state index contributed by atoms with van der Waals surface area (Å²) in [5.41, 5.74) is 6.01. The lowest BCUT2D eigenvalue weighted by molar-refractivity contribution is -0.118. The molecule has 0 fully saturated rings. The minimum absolute atomic E-state index is 0.122. The van der Waals surface area contributed by atoms with Gasteiger partial charge >= 0.3 is 0 Å². The molecule has 2 amide bonds. The highest BCUT2D eigenvalue weighted by Gasteiger charge is 2.21. The fourth-order valence-electron chi connectivity index (χ4n) is 2.93. The first-order valence-corrected chi connectivity index (χ1v) is 8.54. The number of rotatable bonds is 2. The Kier molecular flexibility index (Phi) is 3.54. The Hall–Kier alpha value is -2.73. The van der Waals surface area contributed by atoms with E-state index in [1.807, 2.05) is 30.3 Å². The number of amides is 2. The van der Waals surface area contributed by atoms with Crippen LogP contribution in [-0.2, 0) is 11.2 Å². The molecule has 0 atom stereocenters. The maximum atomic E-state index is 12.5. The molecule has 0 saturated heterocycles. The van der Waals surface area contributed by atoms with Crippen LogP contribution in [0.15, 0.2) is 41.9 Å². The third-order valence-electron chi connectivity index (χ3n) is 4.27. The van der Waals surface area contributed by atoms with Crippen molar-refractivity contribution in [3.8, 4) is 0 Å². The molecule has 0 spiro atoms. The van der Waals surface area contributed by atoms with Gasteiger partial charge in [-0.15, -0.1) is 11.3 Å². The van der Waals surface area contributed by atoms with Gasteiger partial charge < -0.3 is 10.2 Å². The van der Waals surface area contributed by atoms with Crippen LogP contribution >= 0.6 is 11.3 Å². The summed E-state index contributed by atoms with van der Waals surface area (Å²) < 4.78 is 0.994. The van der Waals surface area contributed by atoms with Crippen LogP contribution in [0, 0.1) is 0 Å². The zero-order valence-electron chi connectivity index (χ0n) is 13.1. The van der Waals surface area contributed by atoms with E-state index < -0.39 is 0 Å². The van der Waals surface area contributed by atoms with Crippen molar-refractivity contribution in [2.45, 2.75) is 12.8 Å². The van der Waals surface area contributed by atoms with E-state index in [0.29, 0.717) is 18.4 Å². The van der Waals surface area contributed by atoms with E-state index in [4.69, 9.17) is 0 Å². The zero-order chi connectivity index (χ0) is 16.7. The molecule has 120 valence electrons. The molecule has 1 N–H and O–H groups in total. The number of anilines is 2. The molecule has 4 rings (SSSR count). The molecule has 24 heavy (non-hydrogen) atoms. The fraction of sp³-hybridized carbons (Fsp3) is 0.167. The van der Waals surface area contributed by atoms with Crippen LogP contribution in [0.1, 0.15) is 22.3 Å². The summed E-state index contributed by atoms with van der Waals surface area (Å²) in [5.74, 6) is -0.0253. The Morgan fingerprint density at radius 1 is 1.21 bits per heavy atom. The van der Waals surface area contributed by atoms with Crippen molar-refractivity contribution in [2.24, 2.45) is 0 Å². The average molecular weight is 337 g/mol. The average Bonchev–Trinajstić information content (AvgIpc) is 3.06. The first-order valence-electron chi connectivity index (χ1n) is 7.66. The van der Waals surface area contributed by atoms with Crippen LogP contribution in [0.3, 0.4) is 0 Å². The molecule has 6 heteroatoms. The van der Waals surface area contributed by atoms with Gasteiger partial charge in [0.25, 0.3) is 5.91 Å². The summed E-state index contributed by atoms with van der Waals surface area (Å²) in [6.45, 7) is 0. The summed E-state index contributed by atoms with van der Waals surface area (Å²) in [5, 5.41) is 2.93. The second kappa shape index (κ2) is 5.72. The Morgan fingerprint density at radius 2 is 2.08 bits per heavy atom. The van der Waals surface area contributed by atoms with Gasteiger partial charge in [-0.3, -0.25) is 9.59 Å². The topological polar surface area (TPSA) is 62.3 Å². The van der Waals surface area contributed by atoms with Gasteiger partial charge in [-0.25, -0.2) is 4.98 Å². The number of hydrogen-bond donors (Lipinski definition) is 1. The number of carbonyl (C=O) groups excluding carboxylic acids is 2. The first-order chi connectivity index (χ1) is 11.6. The number of fused-ring (bicyclic) bond motifs is 2. The first kappa shape index (κ1) is 14.8. The minimum Gasteiger partial charge on any atom is -0.322 e. The van der Waals surface area contributed by atoms with E-state index in [9.17, 15) is 9.59 Å². The summed E-state index contributed by atoms with van der Waals surface area (Å²) in [4.78, 5) is 30.1. The number of nitrogens with one attached hydrogen (secondary N) is 1. The molecule has 1 aromatic heterocycles. The number of aromatic nitrogens is 1. The predicted molar refractivity (Wildman–Crippen MR) is 95.7 cm³/mol. The Bertz CT molecular complexity index is 964. The molecule has 3 aromatic rings. The summed E-state index contributed by atoms with van der Waals surface area (Å²) >= 11 is 1.52. The monoisotopic (exact) mass is 337 g/mol. The fourth-order valence-corrected chi connectivity index (χ4v) is 3.65. The third-order valence-corrected chi connectivity index (χ3v) is 5.07. The van der Waals surface area contributed by atoms with Gasteiger partial charge in [0, 0.05) is 30.4 Å². The maximum Gasteiger partial charge on any atom is 0.255 e. The van der Waals surface area contributed by atoms with Crippen molar-refractivity contribution in [3.63, 3.8) is 0 Å². The van der Waals surface area contributed by atoms with Gasteiger partial charge in [-0.2, -0.15) is 0 Å². The van der Waals surface area contributed by atoms with Crippen LogP contribution in [0.25, 0.3) is 10.2 Å². The highest BCUT2D eigenvalue weighted by atomic mass is 32.1. The van der Waals surface area contributed by atoms with Crippen molar-refractivity contribution in [3.05, 3.63) is 53.0 Å². The Balaban J connectivity index is 1.58. The summed E-state index contributed by atoms with van der Waals surface area (Å²) in [6, 6.07) is 11.1. The standard InChI is InChI=1S/C18H15N3O2S/c1-21-15-6-4-13(8-11(15)3-7-17(21)22)20-18(23)12-2-5-14-16(9-12)24-10-19-14/h2,4-6,8-10H,3,7H2,1H3,(H,20,23). The van der Waals surface area contributed by atoms with Crippen molar-refractivity contribution in [2.75, 3.05) is 17.3 Å². The van der Waals surface area contributed by atoms with Gasteiger partial charge in [0.2, 0.25) is 5.91 Å². The van der Waals surface area contributed by atoms with Gasteiger partial charge in [0.1, 0.15) is 0 Å². The summed E-state index contributed by atoms with van der Waals surface area (Å²) in [6.07, 6.45) is 1.21. The lowest BCUT2D eigenvalue weighted by atomic mass is 10.0. The highest BCUT2D eigenvalue weighted by Crippen LogP contribution is 2.29. The van der Waals surface area contributed by atoms with Gasteiger partial charge in [-0.05, 0) is 48.4 Å². The van der Waals surface area contributed by atoms with E-state index in [1.54, 1.807) is 23.5 Å². The minimum atomic E-state index is -0.148. The van der Waals surface area contributed by atoms with E-state index >= 15 is 0 Å². The molecule has 0 saturated carbocycles. The van der Waals surface area contributed by atoms with Crippen LogP contribution in [0.5, 0.6) is 0 Å². The van der Waals surface area contributed by atoms with E-state index in [-0.39, 0.29) is 11.8 Å². The van der Waals surface area contributed by atoms with Gasteiger partial charge in [-0.1, -0.05) is 0 Å². The molecular formula is C18H15N3O2S. The van der Waals surface area contributed by atoms with Gasteiger partial charge in [0.05, 0.1) is 15.7 Å². The van der Waals surface area contributed by atoms with Crippen LogP contribution in [0.2, 0.25) is 0 Å². The van der Waals surface area contributed by atoms with Crippen molar-refractivity contribution in [1.29, 1.82) is 0 Å². The number of benzene rings is 2. The van der Waals surface area contributed by atoms with Crippen LogP contribution in [0.4, 0.5) is 11.4 Å². The lowest BCUT2D eigenvalue weighted by Crippen LogP contribution is -2.31. The van der Waals surface area contributed by atoms with E-state index in [0.717, 1.165) is 27.2 Å². The maximum absolute atomic E-state index is 12.5. The molecule has 0 radical (unpaired) electrons. The molecule has 0 unspecified atom stereocenters. The molecule has 0 aliphatic carbocycles. The number of hydrogen-bond acceptors (Lipinski definition) is 4.